The van der Waals surface area contributed by atoms with Crippen molar-refractivity contribution in [2.75, 3.05) is 5.32 Å². The van der Waals surface area contributed by atoms with E-state index in [-0.39, 0.29) is 28.8 Å². The third-order valence-corrected chi connectivity index (χ3v) is 5.70. The van der Waals surface area contributed by atoms with Crippen LogP contribution < -0.4 is 11.1 Å². The number of amides is 1. The van der Waals surface area contributed by atoms with Crippen LogP contribution in [0.3, 0.4) is 0 Å². The minimum atomic E-state index is -4.42. The zero-order chi connectivity index (χ0) is 24.2. The number of nitrogens with zero attached hydrogens (tertiary/aromatic N) is 7. The fraction of sp³-hybridized carbons (Fsp3) is 0.333. The lowest BCUT2D eigenvalue weighted by atomic mass is 10.1. The van der Waals surface area contributed by atoms with Crippen LogP contribution in [0.1, 0.15) is 40.6 Å². The Hall–Kier alpha value is -4.03. The first-order chi connectivity index (χ1) is 16.1. The zero-order valence-corrected chi connectivity index (χ0v) is 18.3. The van der Waals surface area contributed by atoms with Crippen LogP contribution in [0, 0.1) is 6.92 Å². The van der Waals surface area contributed by atoms with Crippen LogP contribution in [0.15, 0.2) is 24.9 Å². The summed E-state index contributed by atoms with van der Waals surface area (Å²) in [5, 5.41) is 6.71. The van der Waals surface area contributed by atoms with Crippen LogP contribution in [0.5, 0.6) is 0 Å². The number of nitrogens with one attached hydrogen (secondary N) is 1. The number of aryl methyl sites for hydroxylation is 1. The monoisotopic (exact) mass is 471 g/mol. The van der Waals surface area contributed by atoms with Crippen LogP contribution >= 0.6 is 0 Å². The summed E-state index contributed by atoms with van der Waals surface area (Å²) in [5.74, 6) is -0.646. The van der Waals surface area contributed by atoms with E-state index >= 15 is 0 Å². The molecule has 4 aromatic rings. The minimum Gasteiger partial charge on any atom is -0.364 e. The Morgan fingerprint density at radius 3 is 2.68 bits per heavy atom. The molecule has 4 aromatic heterocycles. The molecular formula is C21H20F3N9O. The van der Waals surface area contributed by atoms with E-state index in [0.717, 1.165) is 23.0 Å². The van der Waals surface area contributed by atoms with Gasteiger partial charge in [-0.25, -0.2) is 15.0 Å². The van der Waals surface area contributed by atoms with Crippen molar-refractivity contribution in [3.63, 3.8) is 0 Å². The van der Waals surface area contributed by atoms with Gasteiger partial charge in [-0.05, 0) is 19.8 Å². The molecule has 1 aliphatic rings. The van der Waals surface area contributed by atoms with E-state index in [1.807, 2.05) is 11.6 Å². The molecule has 1 fully saturated rings. The highest BCUT2D eigenvalue weighted by atomic mass is 19.4. The van der Waals surface area contributed by atoms with E-state index < -0.39 is 18.6 Å². The van der Waals surface area contributed by atoms with Crippen molar-refractivity contribution < 1.29 is 18.0 Å². The average Bonchev–Trinajstić information content (AvgIpc) is 3.49. The molecule has 3 N–H and O–H groups in total. The van der Waals surface area contributed by atoms with Gasteiger partial charge in [-0.15, -0.1) is 0 Å². The number of anilines is 2. The second-order valence-corrected chi connectivity index (χ2v) is 8.24. The highest BCUT2D eigenvalue weighted by Gasteiger charge is 2.33. The van der Waals surface area contributed by atoms with Gasteiger partial charge in [0.2, 0.25) is 0 Å². The molecule has 0 spiro atoms. The maximum absolute atomic E-state index is 12.8. The molecule has 1 saturated carbocycles. The molecular weight excluding hydrogens is 451 g/mol. The number of hydrogen-bond acceptors (Lipinski definition) is 7. The zero-order valence-electron chi connectivity index (χ0n) is 18.3. The summed E-state index contributed by atoms with van der Waals surface area (Å²) in [7, 11) is 1.84. The molecule has 0 bridgehead atoms. The Balaban J connectivity index is 1.62. The predicted octanol–water partition coefficient (Wildman–Crippen LogP) is 3.21. The van der Waals surface area contributed by atoms with Crippen molar-refractivity contribution >= 4 is 28.4 Å². The first-order valence-electron chi connectivity index (χ1n) is 10.5. The number of carbonyl (C=O) groups is 1. The largest absolute Gasteiger partial charge is 0.408 e. The SMILES string of the molecule is Cc1c(Nc2nc(C3CC3)c(-c3cncc4c3ncn4C)nc2C(N)=O)cnn1CC(F)(F)F. The Labute approximate surface area is 191 Å². The lowest BCUT2D eigenvalue weighted by Crippen LogP contribution is -2.20. The van der Waals surface area contributed by atoms with Crippen LogP contribution in [-0.4, -0.2) is 46.4 Å². The fourth-order valence-corrected chi connectivity index (χ4v) is 3.79. The molecule has 0 saturated heterocycles. The van der Waals surface area contributed by atoms with E-state index in [9.17, 15) is 18.0 Å². The Morgan fingerprint density at radius 1 is 1.24 bits per heavy atom. The number of hydrogen-bond donors (Lipinski definition) is 2. The van der Waals surface area contributed by atoms with Crippen molar-refractivity contribution in [1.29, 1.82) is 0 Å². The van der Waals surface area contributed by atoms with Gasteiger partial charge < -0.3 is 15.6 Å². The minimum absolute atomic E-state index is 0.0639. The molecule has 176 valence electrons. The molecule has 13 heteroatoms. The van der Waals surface area contributed by atoms with Gasteiger partial charge in [0.05, 0.1) is 47.0 Å². The van der Waals surface area contributed by atoms with Crippen molar-refractivity contribution in [3.05, 3.63) is 42.0 Å². The molecule has 1 aliphatic carbocycles. The third kappa shape index (κ3) is 3.93. The average molecular weight is 471 g/mol. The summed E-state index contributed by atoms with van der Waals surface area (Å²) in [5.41, 5.74) is 9.15. The number of halogens is 3. The van der Waals surface area contributed by atoms with Crippen molar-refractivity contribution in [1.82, 2.24) is 34.3 Å². The normalized spacial score (nSPS) is 14.0. The van der Waals surface area contributed by atoms with Gasteiger partial charge in [-0.1, -0.05) is 0 Å². The van der Waals surface area contributed by atoms with Gasteiger partial charge in [0, 0.05) is 24.7 Å². The quantitative estimate of drug-likeness (QED) is 0.442. The van der Waals surface area contributed by atoms with Crippen LogP contribution in [0.4, 0.5) is 24.7 Å². The highest BCUT2D eigenvalue weighted by molar-refractivity contribution is 5.98. The van der Waals surface area contributed by atoms with Gasteiger partial charge in [-0.2, -0.15) is 18.3 Å². The van der Waals surface area contributed by atoms with Gasteiger partial charge in [0.1, 0.15) is 12.1 Å². The molecule has 10 nitrogen and oxygen atoms in total. The Bertz CT molecular complexity index is 1420. The third-order valence-electron chi connectivity index (χ3n) is 5.70. The summed E-state index contributed by atoms with van der Waals surface area (Å²) in [6.45, 7) is 0.254. The molecule has 0 unspecified atom stereocenters. The number of aromatic nitrogens is 7. The number of rotatable bonds is 6. The number of fused-ring (bicyclic) bond motifs is 1. The lowest BCUT2D eigenvalue weighted by Gasteiger charge is -2.15. The maximum Gasteiger partial charge on any atom is 0.408 e. The van der Waals surface area contributed by atoms with Crippen LogP contribution in [-0.2, 0) is 13.6 Å². The van der Waals surface area contributed by atoms with E-state index in [0.29, 0.717) is 22.5 Å². The predicted molar refractivity (Wildman–Crippen MR) is 116 cm³/mol. The second kappa shape index (κ2) is 7.78. The number of carbonyl (C=O) groups excluding carboxylic acids is 1. The topological polar surface area (TPSA) is 129 Å². The maximum atomic E-state index is 12.8. The van der Waals surface area contributed by atoms with Crippen molar-refractivity contribution in [2.45, 2.75) is 38.4 Å². The Morgan fingerprint density at radius 2 is 2.00 bits per heavy atom. The first kappa shape index (κ1) is 21.8. The van der Waals surface area contributed by atoms with Gasteiger partial charge in [0.15, 0.2) is 11.5 Å². The molecule has 34 heavy (non-hydrogen) atoms. The van der Waals surface area contributed by atoms with Crippen LogP contribution in [0.25, 0.3) is 22.3 Å². The standard InChI is InChI=1S/C21H20F3N9O/c1-10-13(6-28-33(10)8-21(22,23)24)29-20-18(19(25)34)30-17(15(31-20)11-3-4-11)12-5-26-7-14-16(12)27-9-32(14)2/h5-7,9,11H,3-4,8H2,1-2H3,(H2,25,34)(H,29,31). The number of pyridine rings is 1. The van der Waals surface area contributed by atoms with Crippen molar-refractivity contribution in [2.24, 2.45) is 12.8 Å². The molecule has 0 atom stereocenters. The fourth-order valence-electron chi connectivity index (χ4n) is 3.79. The van der Waals surface area contributed by atoms with Gasteiger partial charge in [0.25, 0.3) is 5.91 Å². The van der Waals surface area contributed by atoms with Gasteiger partial charge >= 0.3 is 6.18 Å². The number of nitrogens with two attached hydrogens (primary N) is 1. The molecule has 1 amide bonds. The molecule has 4 heterocycles. The van der Waals surface area contributed by atoms with E-state index in [4.69, 9.17) is 5.73 Å². The summed E-state index contributed by atoms with van der Waals surface area (Å²) in [6.07, 6.45) is 3.57. The molecule has 0 radical (unpaired) electrons. The van der Waals surface area contributed by atoms with Crippen molar-refractivity contribution in [3.8, 4) is 11.3 Å². The molecule has 0 aliphatic heterocycles. The Kier molecular flexibility index (Phi) is 4.99. The molecule has 5 rings (SSSR count). The van der Waals surface area contributed by atoms with E-state index in [2.05, 4.69) is 30.4 Å². The smallest absolute Gasteiger partial charge is 0.364 e. The van der Waals surface area contributed by atoms with Gasteiger partial charge in [-0.3, -0.25) is 14.5 Å². The number of imidazole rings is 1. The highest BCUT2D eigenvalue weighted by Crippen LogP contribution is 2.44. The second-order valence-electron chi connectivity index (χ2n) is 8.24. The first-order valence-corrected chi connectivity index (χ1v) is 10.5. The summed E-state index contributed by atoms with van der Waals surface area (Å²) in [4.78, 5) is 30.3. The summed E-state index contributed by atoms with van der Waals surface area (Å²) in [6, 6.07) is 0. The van der Waals surface area contributed by atoms with E-state index in [1.165, 1.54) is 13.1 Å². The van der Waals surface area contributed by atoms with Crippen LogP contribution in [0.2, 0.25) is 0 Å². The number of alkyl halides is 3. The van der Waals surface area contributed by atoms with E-state index in [1.54, 1.807) is 18.7 Å². The summed E-state index contributed by atoms with van der Waals surface area (Å²) >= 11 is 0. The number of primary amides is 1. The lowest BCUT2D eigenvalue weighted by molar-refractivity contribution is -0.142. The summed E-state index contributed by atoms with van der Waals surface area (Å²) < 4.78 is 41.1. The molecule has 0 aromatic carbocycles.